The molecule has 0 aromatic carbocycles. The Morgan fingerprint density at radius 3 is 2.25 bits per heavy atom. The number of nitrogens with zero attached hydrogens (tertiary/aromatic N) is 1. The molecular formula is C25H35N3. The van der Waals surface area contributed by atoms with Gasteiger partial charge in [0.05, 0.1) is 22.6 Å². The Balaban J connectivity index is 1.40. The Hall–Kier alpha value is -1.77. The summed E-state index contributed by atoms with van der Waals surface area (Å²) in [7, 11) is 0. The molecule has 4 aliphatic rings. The molecule has 3 nitrogen and oxygen atoms in total. The highest BCUT2D eigenvalue weighted by molar-refractivity contribution is 5.83. The molecule has 150 valence electrons. The fourth-order valence-electron chi connectivity index (χ4n) is 6.68. The van der Waals surface area contributed by atoms with E-state index in [-0.39, 0.29) is 5.54 Å². The Labute approximate surface area is 169 Å². The van der Waals surface area contributed by atoms with Crippen molar-refractivity contribution < 1.29 is 0 Å². The van der Waals surface area contributed by atoms with E-state index < -0.39 is 0 Å². The standard InChI is InChI=1S/C25H35N3/c1-15(2)7-21-5-6-22(27-21)24-17(4)16(3)23(28-24)14-26-25-11-18-8-19(12-25)10-20(9-18)13-25/h5-6,14-15,18-20,27-28H,7-13H2,1-4H3. The maximum absolute atomic E-state index is 5.27. The third-order valence-corrected chi connectivity index (χ3v) is 7.72. The summed E-state index contributed by atoms with van der Waals surface area (Å²) < 4.78 is 0. The van der Waals surface area contributed by atoms with Crippen LogP contribution in [0.3, 0.4) is 0 Å². The number of aromatic amines is 2. The molecule has 0 spiro atoms. The number of rotatable bonds is 5. The Kier molecular flexibility index (Phi) is 4.33. The quantitative estimate of drug-likeness (QED) is 0.582. The van der Waals surface area contributed by atoms with E-state index in [4.69, 9.17) is 4.99 Å². The molecule has 6 rings (SSSR count). The second kappa shape index (κ2) is 6.64. The molecule has 0 atom stereocenters. The van der Waals surface area contributed by atoms with Crippen LogP contribution in [-0.4, -0.2) is 21.7 Å². The molecule has 2 heterocycles. The maximum Gasteiger partial charge on any atom is 0.0657 e. The van der Waals surface area contributed by atoms with Gasteiger partial charge in [0.2, 0.25) is 0 Å². The van der Waals surface area contributed by atoms with Gasteiger partial charge in [0.25, 0.3) is 0 Å². The van der Waals surface area contributed by atoms with Crippen LogP contribution in [0.15, 0.2) is 17.1 Å². The largest absolute Gasteiger partial charge is 0.357 e. The first kappa shape index (κ1) is 18.3. The molecule has 0 aliphatic heterocycles. The minimum Gasteiger partial charge on any atom is -0.357 e. The Morgan fingerprint density at radius 1 is 1.00 bits per heavy atom. The van der Waals surface area contributed by atoms with Crippen LogP contribution >= 0.6 is 0 Å². The van der Waals surface area contributed by atoms with E-state index in [1.807, 2.05) is 0 Å². The highest BCUT2D eigenvalue weighted by Gasteiger charge is 2.50. The van der Waals surface area contributed by atoms with Crippen LogP contribution in [0, 0.1) is 37.5 Å². The highest BCUT2D eigenvalue weighted by atomic mass is 14.9. The summed E-state index contributed by atoms with van der Waals surface area (Å²) in [6.45, 7) is 8.99. The molecule has 0 saturated heterocycles. The molecule has 4 saturated carbocycles. The van der Waals surface area contributed by atoms with Crippen molar-refractivity contribution in [3.05, 3.63) is 34.6 Å². The molecule has 2 aromatic rings. The van der Waals surface area contributed by atoms with Crippen molar-refractivity contribution in [2.24, 2.45) is 28.7 Å². The van der Waals surface area contributed by atoms with Gasteiger partial charge in [-0.15, -0.1) is 0 Å². The van der Waals surface area contributed by atoms with Crippen molar-refractivity contribution in [2.75, 3.05) is 0 Å². The van der Waals surface area contributed by atoms with Crippen LogP contribution in [0.2, 0.25) is 0 Å². The zero-order valence-corrected chi connectivity index (χ0v) is 17.9. The third kappa shape index (κ3) is 3.17. The summed E-state index contributed by atoms with van der Waals surface area (Å²) in [5.41, 5.74) is 7.86. The summed E-state index contributed by atoms with van der Waals surface area (Å²) in [4.78, 5) is 12.6. The minimum absolute atomic E-state index is 0.247. The monoisotopic (exact) mass is 377 g/mol. The lowest BCUT2D eigenvalue weighted by atomic mass is 9.53. The molecule has 2 N–H and O–H groups in total. The van der Waals surface area contributed by atoms with Crippen molar-refractivity contribution in [1.82, 2.24) is 9.97 Å². The Bertz CT molecular complexity index is 860. The van der Waals surface area contributed by atoms with Crippen molar-refractivity contribution >= 4 is 6.21 Å². The van der Waals surface area contributed by atoms with Crippen LogP contribution in [-0.2, 0) is 6.42 Å². The summed E-state index contributed by atoms with van der Waals surface area (Å²) in [6.07, 6.45) is 11.7. The molecule has 4 aliphatic carbocycles. The lowest BCUT2D eigenvalue weighted by molar-refractivity contribution is 0.00194. The third-order valence-electron chi connectivity index (χ3n) is 7.72. The fourth-order valence-corrected chi connectivity index (χ4v) is 6.68. The predicted octanol–water partition coefficient (Wildman–Crippen LogP) is 6.21. The van der Waals surface area contributed by atoms with Gasteiger partial charge >= 0.3 is 0 Å². The molecule has 0 radical (unpaired) electrons. The van der Waals surface area contributed by atoms with E-state index in [0.717, 1.165) is 24.2 Å². The van der Waals surface area contributed by atoms with Gasteiger partial charge in [0, 0.05) is 11.9 Å². The van der Waals surface area contributed by atoms with Gasteiger partial charge in [-0.1, -0.05) is 13.8 Å². The molecular weight excluding hydrogens is 342 g/mol. The average Bonchev–Trinajstić information content (AvgIpc) is 3.17. The highest BCUT2D eigenvalue weighted by Crippen LogP contribution is 2.57. The lowest BCUT2D eigenvalue weighted by Crippen LogP contribution is -2.49. The molecule has 28 heavy (non-hydrogen) atoms. The second-order valence-electron chi connectivity index (χ2n) is 10.6. The van der Waals surface area contributed by atoms with Gasteiger partial charge in [-0.25, -0.2) is 0 Å². The predicted molar refractivity (Wildman–Crippen MR) is 117 cm³/mol. The van der Waals surface area contributed by atoms with Gasteiger partial charge < -0.3 is 9.97 Å². The van der Waals surface area contributed by atoms with Crippen molar-refractivity contribution in [1.29, 1.82) is 0 Å². The number of aromatic nitrogens is 2. The summed E-state index contributed by atoms with van der Waals surface area (Å²) in [5, 5.41) is 0. The second-order valence-corrected chi connectivity index (χ2v) is 10.6. The lowest BCUT2D eigenvalue weighted by Gasteiger charge is -2.54. The van der Waals surface area contributed by atoms with Gasteiger partial charge in [-0.3, -0.25) is 4.99 Å². The van der Waals surface area contributed by atoms with E-state index in [1.165, 1.54) is 72.4 Å². The van der Waals surface area contributed by atoms with Crippen LogP contribution in [0.4, 0.5) is 0 Å². The summed E-state index contributed by atoms with van der Waals surface area (Å²) in [6, 6.07) is 4.45. The van der Waals surface area contributed by atoms with Crippen LogP contribution in [0.1, 0.15) is 74.9 Å². The molecule has 2 aromatic heterocycles. The molecule has 0 unspecified atom stereocenters. The molecule has 4 bridgehead atoms. The number of H-pyrrole nitrogens is 2. The smallest absolute Gasteiger partial charge is 0.0657 e. The molecule has 3 heteroatoms. The van der Waals surface area contributed by atoms with Crippen LogP contribution < -0.4 is 0 Å². The van der Waals surface area contributed by atoms with E-state index in [0.29, 0.717) is 5.92 Å². The van der Waals surface area contributed by atoms with Crippen LogP contribution in [0.5, 0.6) is 0 Å². The van der Waals surface area contributed by atoms with E-state index in [2.05, 4.69) is 56.0 Å². The molecule has 0 amide bonds. The Morgan fingerprint density at radius 2 is 1.64 bits per heavy atom. The zero-order valence-electron chi connectivity index (χ0n) is 17.9. The number of aliphatic imine (C=N–C) groups is 1. The number of hydrogen-bond donors (Lipinski definition) is 2. The van der Waals surface area contributed by atoms with E-state index in [9.17, 15) is 0 Å². The minimum atomic E-state index is 0.247. The fraction of sp³-hybridized carbons (Fsp3) is 0.640. The number of hydrogen-bond acceptors (Lipinski definition) is 1. The summed E-state index contributed by atoms with van der Waals surface area (Å²) >= 11 is 0. The van der Waals surface area contributed by atoms with Crippen LogP contribution in [0.25, 0.3) is 11.4 Å². The van der Waals surface area contributed by atoms with E-state index in [1.54, 1.807) is 0 Å². The topological polar surface area (TPSA) is 43.9 Å². The van der Waals surface area contributed by atoms with Gasteiger partial charge in [-0.05, 0) is 106 Å². The van der Waals surface area contributed by atoms with Crippen molar-refractivity contribution in [2.45, 2.75) is 78.2 Å². The SMILES string of the molecule is Cc1c(C=NC23CC4CC(CC(C4)C2)C3)[nH]c(-c2ccc(CC(C)C)[nH]2)c1C. The first-order valence-corrected chi connectivity index (χ1v) is 11.3. The van der Waals surface area contributed by atoms with Gasteiger partial charge in [0.1, 0.15) is 0 Å². The first-order valence-electron chi connectivity index (χ1n) is 11.3. The number of nitrogens with one attached hydrogen (secondary N) is 2. The van der Waals surface area contributed by atoms with Gasteiger partial charge in [-0.2, -0.15) is 0 Å². The van der Waals surface area contributed by atoms with Crippen molar-refractivity contribution in [3.63, 3.8) is 0 Å². The summed E-state index contributed by atoms with van der Waals surface area (Å²) in [5.74, 6) is 3.51. The zero-order chi connectivity index (χ0) is 19.5. The van der Waals surface area contributed by atoms with Gasteiger partial charge in [0.15, 0.2) is 0 Å². The van der Waals surface area contributed by atoms with Crippen molar-refractivity contribution in [3.8, 4) is 11.4 Å². The normalized spacial score (nSPS) is 31.5. The van der Waals surface area contributed by atoms with E-state index >= 15 is 0 Å². The molecule has 4 fully saturated rings. The average molecular weight is 378 g/mol. The first-order chi connectivity index (χ1) is 13.4. The maximum atomic E-state index is 5.27.